The van der Waals surface area contributed by atoms with Gasteiger partial charge in [-0.2, -0.15) is 18.3 Å². The van der Waals surface area contributed by atoms with E-state index in [4.69, 9.17) is 0 Å². The minimum Gasteiger partial charge on any atom is -0.354 e. The molecule has 5 nitrogen and oxygen atoms in total. The molecule has 3 heterocycles. The van der Waals surface area contributed by atoms with Gasteiger partial charge in [0.05, 0.1) is 6.04 Å². The van der Waals surface area contributed by atoms with Crippen molar-refractivity contribution in [3.8, 4) is 0 Å². The molecule has 0 bridgehead atoms. The summed E-state index contributed by atoms with van der Waals surface area (Å²) >= 11 is 0. The molecule has 0 spiro atoms. The maximum Gasteiger partial charge on any atom is 0.435 e. The molecule has 1 atom stereocenters. The molecule has 0 radical (unpaired) electrons. The number of anilines is 1. The molecule has 0 amide bonds. The number of ketones is 1. The van der Waals surface area contributed by atoms with Crippen molar-refractivity contribution in [3.05, 3.63) is 41.9 Å². The number of carbonyl (C=O) groups excluding carboxylic acids is 1. The highest BCUT2D eigenvalue weighted by molar-refractivity contribution is 5.93. The lowest BCUT2D eigenvalue weighted by Crippen LogP contribution is -2.37. The summed E-state index contributed by atoms with van der Waals surface area (Å²) in [6.45, 7) is 2.78. The molecule has 24 heavy (non-hydrogen) atoms. The Kier molecular flexibility index (Phi) is 4.29. The first kappa shape index (κ1) is 16.5. The van der Waals surface area contributed by atoms with Gasteiger partial charge >= 0.3 is 6.18 Å². The maximum atomic E-state index is 12.7. The quantitative estimate of drug-likeness (QED) is 0.806. The molecule has 2 aromatic heterocycles. The summed E-state index contributed by atoms with van der Waals surface area (Å²) in [4.78, 5) is 17.6. The molecule has 1 aliphatic heterocycles. The van der Waals surface area contributed by atoms with Crippen LogP contribution in [-0.4, -0.2) is 33.6 Å². The average Bonchev–Trinajstić information content (AvgIpc) is 3.05. The first-order valence-corrected chi connectivity index (χ1v) is 7.69. The fourth-order valence-corrected chi connectivity index (χ4v) is 2.85. The number of hydrogen-bond acceptors (Lipinski definition) is 4. The summed E-state index contributed by atoms with van der Waals surface area (Å²) in [6, 6.07) is 4.34. The summed E-state index contributed by atoms with van der Waals surface area (Å²) in [6.07, 6.45) is 0.0763. The third kappa shape index (κ3) is 3.42. The molecule has 1 fully saturated rings. The smallest absolute Gasteiger partial charge is 0.354 e. The van der Waals surface area contributed by atoms with Gasteiger partial charge in [0.2, 0.25) is 0 Å². The second-order valence-corrected chi connectivity index (χ2v) is 5.88. The van der Waals surface area contributed by atoms with Crippen molar-refractivity contribution in [1.29, 1.82) is 0 Å². The van der Waals surface area contributed by atoms with Crippen LogP contribution >= 0.6 is 0 Å². The molecule has 1 aliphatic rings. The van der Waals surface area contributed by atoms with E-state index < -0.39 is 11.9 Å². The van der Waals surface area contributed by atoms with E-state index in [1.54, 1.807) is 12.1 Å². The Morgan fingerprint density at radius 1 is 1.29 bits per heavy atom. The number of halogens is 3. The Morgan fingerprint density at radius 2 is 2.08 bits per heavy atom. The average molecular weight is 338 g/mol. The van der Waals surface area contributed by atoms with Gasteiger partial charge in [-0.15, -0.1) is 0 Å². The van der Waals surface area contributed by atoms with Crippen molar-refractivity contribution in [2.45, 2.75) is 32.0 Å². The van der Waals surface area contributed by atoms with E-state index in [1.807, 2.05) is 4.90 Å². The summed E-state index contributed by atoms with van der Waals surface area (Å²) in [5.74, 6) is 0.662. The first-order chi connectivity index (χ1) is 11.3. The molecular weight excluding hydrogens is 321 g/mol. The predicted octanol–water partition coefficient (Wildman–Crippen LogP) is 3.34. The van der Waals surface area contributed by atoms with Gasteiger partial charge in [0, 0.05) is 31.0 Å². The highest BCUT2D eigenvalue weighted by Gasteiger charge is 2.34. The van der Waals surface area contributed by atoms with E-state index in [0.29, 0.717) is 17.9 Å². The summed E-state index contributed by atoms with van der Waals surface area (Å²) in [5.41, 5.74) is -0.335. The number of pyridine rings is 1. The molecule has 2 aromatic rings. The lowest BCUT2D eigenvalue weighted by molar-refractivity contribution is -0.141. The van der Waals surface area contributed by atoms with E-state index in [-0.39, 0.29) is 11.8 Å². The Morgan fingerprint density at radius 3 is 2.67 bits per heavy atom. The van der Waals surface area contributed by atoms with Crippen LogP contribution in [0.25, 0.3) is 0 Å². The number of piperidine rings is 1. The van der Waals surface area contributed by atoms with Gasteiger partial charge in [-0.25, -0.2) is 4.98 Å². The van der Waals surface area contributed by atoms with Crippen LogP contribution in [-0.2, 0) is 6.18 Å². The van der Waals surface area contributed by atoms with E-state index in [1.165, 1.54) is 24.0 Å². The molecule has 0 aromatic carbocycles. The van der Waals surface area contributed by atoms with E-state index in [9.17, 15) is 18.0 Å². The SMILES string of the molecule is CC(=O)c1ccc(N2CCCC(n3ccc(C(F)(F)F)n3)C2)nc1. The van der Waals surface area contributed by atoms with E-state index in [0.717, 1.165) is 25.5 Å². The van der Waals surface area contributed by atoms with Crippen LogP contribution < -0.4 is 4.90 Å². The predicted molar refractivity (Wildman–Crippen MR) is 82.0 cm³/mol. The molecular formula is C16H17F3N4O. The van der Waals surface area contributed by atoms with Crippen LogP contribution in [0.5, 0.6) is 0 Å². The number of aromatic nitrogens is 3. The van der Waals surface area contributed by atoms with Crippen molar-refractivity contribution in [1.82, 2.24) is 14.8 Å². The van der Waals surface area contributed by atoms with Crippen LogP contribution in [0.1, 0.15) is 41.9 Å². The second kappa shape index (κ2) is 6.26. The topological polar surface area (TPSA) is 51.0 Å². The van der Waals surface area contributed by atoms with Crippen molar-refractivity contribution < 1.29 is 18.0 Å². The summed E-state index contributed by atoms with van der Waals surface area (Å²) < 4.78 is 39.5. The lowest BCUT2D eigenvalue weighted by atomic mass is 10.1. The van der Waals surface area contributed by atoms with Crippen LogP contribution in [0.2, 0.25) is 0 Å². The fraction of sp³-hybridized carbons (Fsp3) is 0.438. The molecule has 1 saturated heterocycles. The monoisotopic (exact) mass is 338 g/mol. The fourth-order valence-electron chi connectivity index (χ4n) is 2.85. The van der Waals surface area contributed by atoms with Crippen LogP contribution in [0, 0.1) is 0 Å². The number of carbonyl (C=O) groups is 1. The van der Waals surface area contributed by atoms with Crippen molar-refractivity contribution in [3.63, 3.8) is 0 Å². The van der Waals surface area contributed by atoms with E-state index in [2.05, 4.69) is 10.1 Å². The van der Waals surface area contributed by atoms with Gasteiger partial charge in [0.25, 0.3) is 0 Å². The Hall–Kier alpha value is -2.38. The second-order valence-electron chi connectivity index (χ2n) is 5.88. The van der Waals surface area contributed by atoms with Crippen LogP contribution in [0.3, 0.4) is 0 Å². The number of rotatable bonds is 3. The molecule has 8 heteroatoms. The molecule has 128 valence electrons. The Balaban J connectivity index is 1.74. The Labute approximate surface area is 137 Å². The van der Waals surface area contributed by atoms with Gasteiger partial charge in [-0.05, 0) is 38.0 Å². The van der Waals surface area contributed by atoms with Crippen molar-refractivity contribution in [2.24, 2.45) is 0 Å². The highest BCUT2D eigenvalue weighted by atomic mass is 19.4. The van der Waals surface area contributed by atoms with Gasteiger partial charge in [0.15, 0.2) is 11.5 Å². The standard InChI is InChI=1S/C16H17F3N4O/c1-11(24)12-4-5-15(20-9-12)22-7-2-3-13(10-22)23-8-6-14(21-23)16(17,18)19/h4-6,8-9,13H,2-3,7,10H2,1H3. The van der Waals surface area contributed by atoms with Crippen molar-refractivity contribution in [2.75, 3.05) is 18.0 Å². The van der Waals surface area contributed by atoms with Crippen molar-refractivity contribution >= 4 is 11.6 Å². The third-order valence-corrected chi connectivity index (χ3v) is 4.15. The molecule has 0 aliphatic carbocycles. The minimum absolute atomic E-state index is 0.0539. The van der Waals surface area contributed by atoms with E-state index >= 15 is 0 Å². The van der Waals surface area contributed by atoms with Gasteiger partial charge in [-0.3, -0.25) is 9.48 Å². The molecule has 1 unspecified atom stereocenters. The van der Waals surface area contributed by atoms with Gasteiger partial charge in [-0.1, -0.05) is 0 Å². The lowest BCUT2D eigenvalue weighted by Gasteiger charge is -2.33. The number of Topliss-reactive ketones (excluding diaryl/α,β-unsaturated/α-hetero) is 1. The molecule has 0 N–H and O–H groups in total. The zero-order valence-corrected chi connectivity index (χ0v) is 13.1. The largest absolute Gasteiger partial charge is 0.435 e. The summed E-state index contributed by atoms with van der Waals surface area (Å²) in [5, 5.41) is 3.67. The third-order valence-electron chi connectivity index (χ3n) is 4.15. The maximum absolute atomic E-state index is 12.7. The minimum atomic E-state index is -4.43. The normalized spacial score (nSPS) is 18.7. The zero-order valence-electron chi connectivity index (χ0n) is 13.1. The highest BCUT2D eigenvalue weighted by Crippen LogP contribution is 2.30. The number of nitrogens with zero attached hydrogens (tertiary/aromatic N) is 4. The summed E-state index contributed by atoms with van der Waals surface area (Å²) in [7, 11) is 0. The zero-order chi connectivity index (χ0) is 17.3. The van der Waals surface area contributed by atoms with Gasteiger partial charge < -0.3 is 4.90 Å². The Bertz CT molecular complexity index is 724. The van der Waals surface area contributed by atoms with Gasteiger partial charge in [0.1, 0.15) is 5.82 Å². The molecule has 3 rings (SSSR count). The first-order valence-electron chi connectivity index (χ1n) is 7.69. The van der Waals surface area contributed by atoms with Crippen LogP contribution in [0.15, 0.2) is 30.6 Å². The number of alkyl halides is 3. The molecule has 0 saturated carbocycles. The number of hydrogen-bond donors (Lipinski definition) is 0. The van der Waals surface area contributed by atoms with Crippen LogP contribution in [0.4, 0.5) is 19.0 Å².